The molecule has 16 heavy (non-hydrogen) atoms. The molecule has 0 fully saturated rings. The van der Waals surface area contributed by atoms with Gasteiger partial charge in [-0.15, -0.1) is 0 Å². The van der Waals surface area contributed by atoms with Crippen LogP contribution in [0.25, 0.3) is 0 Å². The van der Waals surface area contributed by atoms with Crippen LogP contribution in [0.4, 0.5) is 14.5 Å². The van der Waals surface area contributed by atoms with Gasteiger partial charge in [-0.1, -0.05) is 29.3 Å². The summed E-state index contributed by atoms with van der Waals surface area (Å²) in [5.41, 5.74) is 0.681. The van der Waals surface area contributed by atoms with Crippen molar-refractivity contribution in [2.75, 3.05) is 18.5 Å². The van der Waals surface area contributed by atoms with Crippen molar-refractivity contribution in [2.45, 2.75) is 25.1 Å². The van der Waals surface area contributed by atoms with Crippen LogP contribution in [-0.2, 0) is 5.33 Å². The van der Waals surface area contributed by atoms with Crippen molar-refractivity contribution in [1.29, 1.82) is 0 Å². The quantitative estimate of drug-likeness (QED) is 0.739. The highest BCUT2D eigenvalue weighted by molar-refractivity contribution is 9.08. The average Bonchev–Trinajstić information content (AvgIpc) is 2.25. The summed E-state index contributed by atoms with van der Waals surface area (Å²) in [6, 6.07) is 2.74. The predicted octanol–water partition coefficient (Wildman–Crippen LogP) is 4.10. The van der Waals surface area contributed by atoms with Crippen LogP contribution < -0.4 is 4.90 Å². The monoisotopic (exact) mass is 291 g/mol. The van der Waals surface area contributed by atoms with Gasteiger partial charge in [0, 0.05) is 18.9 Å². The van der Waals surface area contributed by atoms with Crippen molar-refractivity contribution in [1.82, 2.24) is 0 Å². The van der Waals surface area contributed by atoms with Gasteiger partial charge >= 0.3 is 0 Å². The number of halogens is 3. The molecule has 0 saturated heterocycles. The van der Waals surface area contributed by atoms with E-state index in [1.165, 1.54) is 12.1 Å². The van der Waals surface area contributed by atoms with E-state index in [0.29, 0.717) is 17.4 Å². The second-order valence-corrected chi connectivity index (χ2v) is 4.38. The molecule has 0 radical (unpaired) electrons. The standard InChI is InChI=1S/C12H16BrF2N/c1-3-4-5-16(2)12-10(14)6-9(8-13)7-11(12)15/h6-7H,3-5,8H2,1-2H3. The van der Waals surface area contributed by atoms with E-state index in [4.69, 9.17) is 0 Å². The van der Waals surface area contributed by atoms with E-state index in [2.05, 4.69) is 22.9 Å². The van der Waals surface area contributed by atoms with Crippen LogP contribution >= 0.6 is 15.9 Å². The molecular weight excluding hydrogens is 276 g/mol. The number of nitrogens with zero attached hydrogens (tertiary/aromatic N) is 1. The van der Waals surface area contributed by atoms with E-state index in [-0.39, 0.29) is 5.69 Å². The highest BCUT2D eigenvalue weighted by atomic mass is 79.9. The average molecular weight is 292 g/mol. The molecule has 0 unspecified atom stereocenters. The third kappa shape index (κ3) is 3.17. The lowest BCUT2D eigenvalue weighted by molar-refractivity contribution is 0.572. The fraction of sp³-hybridized carbons (Fsp3) is 0.500. The fourth-order valence-electron chi connectivity index (χ4n) is 1.57. The van der Waals surface area contributed by atoms with Gasteiger partial charge < -0.3 is 4.90 Å². The first kappa shape index (κ1) is 13.4. The first-order valence-electron chi connectivity index (χ1n) is 5.35. The normalized spacial score (nSPS) is 10.6. The Bertz CT molecular complexity index is 332. The molecule has 0 aromatic heterocycles. The van der Waals surface area contributed by atoms with Crippen LogP contribution in [-0.4, -0.2) is 13.6 Å². The minimum atomic E-state index is -0.493. The number of anilines is 1. The summed E-state index contributed by atoms with van der Waals surface area (Å²) < 4.78 is 27.3. The van der Waals surface area contributed by atoms with Crippen molar-refractivity contribution < 1.29 is 8.78 Å². The number of alkyl halides is 1. The molecule has 0 atom stereocenters. The smallest absolute Gasteiger partial charge is 0.149 e. The first-order chi connectivity index (χ1) is 7.60. The molecule has 90 valence electrons. The van der Waals surface area contributed by atoms with Crippen molar-refractivity contribution >= 4 is 21.6 Å². The predicted molar refractivity (Wildman–Crippen MR) is 67.2 cm³/mol. The molecule has 1 aromatic carbocycles. The zero-order valence-electron chi connectivity index (χ0n) is 9.56. The summed E-state index contributed by atoms with van der Waals surface area (Å²) in [6.45, 7) is 2.71. The fourth-order valence-corrected chi connectivity index (χ4v) is 1.89. The number of benzene rings is 1. The lowest BCUT2D eigenvalue weighted by Gasteiger charge is -2.20. The zero-order chi connectivity index (χ0) is 12.1. The van der Waals surface area contributed by atoms with Gasteiger partial charge in [-0.2, -0.15) is 0 Å². The van der Waals surface area contributed by atoms with Crippen molar-refractivity contribution in [2.24, 2.45) is 0 Å². The Balaban J connectivity index is 2.95. The molecule has 0 spiro atoms. The molecule has 0 heterocycles. The maximum absolute atomic E-state index is 13.7. The minimum Gasteiger partial charge on any atom is -0.370 e. The van der Waals surface area contributed by atoms with Crippen LogP contribution in [0.15, 0.2) is 12.1 Å². The SMILES string of the molecule is CCCCN(C)c1c(F)cc(CBr)cc1F. The maximum atomic E-state index is 13.7. The Hall–Kier alpha value is -0.640. The summed E-state index contributed by atoms with van der Waals surface area (Å²) in [5.74, 6) is -0.985. The van der Waals surface area contributed by atoms with Crippen LogP contribution in [0.3, 0.4) is 0 Å². The summed E-state index contributed by atoms with van der Waals surface area (Å²) in [7, 11) is 1.71. The summed E-state index contributed by atoms with van der Waals surface area (Å²) in [4.78, 5) is 1.63. The third-order valence-corrected chi connectivity index (χ3v) is 3.11. The van der Waals surface area contributed by atoms with Crippen LogP contribution in [0.5, 0.6) is 0 Å². The zero-order valence-corrected chi connectivity index (χ0v) is 11.2. The van der Waals surface area contributed by atoms with E-state index in [1.807, 2.05) is 0 Å². The Morgan fingerprint density at radius 1 is 1.25 bits per heavy atom. The van der Waals surface area contributed by atoms with Crippen molar-refractivity contribution in [3.05, 3.63) is 29.3 Å². The Morgan fingerprint density at radius 3 is 2.25 bits per heavy atom. The number of hydrogen-bond acceptors (Lipinski definition) is 1. The van der Waals surface area contributed by atoms with E-state index in [1.54, 1.807) is 11.9 Å². The first-order valence-corrected chi connectivity index (χ1v) is 6.47. The number of rotatable bonds is 5. The molecule has 0 amide bonds. The molecule has 0 aliphatic rings. The number of unbranched alkanes of at least 4 members (excludes halogenated alkanes) is 1. The van der Waals surface area contributed by atoms with Gasteiger partial charge in [0.25, 0.3) is 0 Å². The molecule has 0 N–H and O–H groups in total. The van der Waals surface area contributed by atoms with Crippen LogP contribution in [0.2, 0.25) is 0 Å². The lowest BCUT2D eigenvalue weighted by Crippen LogP contribution is -2.21. The van der Waals surface area contributed by atoms with E-state index < -0.39 is 11.6 Å². The van der Waals surface area contributed by atoms with E-state index >= 15 is 0 Å². The molecule has 0 bridgehead atoms. The molecular formula is C12H16BrF2N. The van der Waals surface area contributed by atoms with Gasteiger partial charge in [0.05, 0.1) is 0 Å². The van der Waals surface area contributed by atoms with Gasteiger partial charge in [0.1, 0.15) is 17.3 Å². The Morgan fingerprint density at radius 2 is 1.81 bits per heavy atom. The molecule has 0 saturated carbocycles. The van der Waals surface area contributed by atoms with Crippen LogP contribution in [0.1, 0.15) is 25.3 Å². The topological polar surface area (TPSA) is 3.24 Å². The lowest BCUT2D eigenvalue weighted by atomic mass is 10.2. The van der Waals surface area contributed by atoms with Crippen LogP contribution in [0, 0.1) is 11.6 Å². The van der Waals surface area contributed by atoms with E-state index in [0.717, 1.165) is 12.8 Å². The maximum Gasteiger partial charge on any atom is 0.149 e. The van der Waals surface area contributed by atoms with Gasteiger partial charge in [-0.25, -0.2) is 8.78 Å². The summed E-state index contributed by atoms with van der Waals surface area (Å²) >= 11 is 3.18. The van der Waals surface area contributed by atoms with Gasteiger partial charge in [0.2, 0.25) is 0 Å². The highest BCUT2D eigenvalue weighted by Gasteiger charge is 2.14. The molecule has 4 heteroatoms. The van der Waals surface area contributed by atoms with Gasteiger partial charge in [0.15, 0.2) is 0 Å². The highest BCUT2D eigenvalue weighted by Crippen LogP contribution is 2.25. The van der Waals surface area contributed by atoms with Gasteiger partial charge in [-0.3, -0.25) is 0 Å². The summed E-state index contributed by atoms with van der Waals surface area (Å²) in [5, 5.41) is 0.458. The second kappa shape index (κ2) is 6.18. The van der Waals surface area contributed by atoms with Gasteiger partial charge in [-0.05, 0) is 24.1 Å². The molecule has 0 aliphatic heterocycles. The largest absolute Gasteiger partial charge is 0.370 e. The molecule has 1 aromatic rings. The van der Waals surface area contributed by atoms with E-state index in [9.17, 15) is 8.78 Å². The number of hydrogen-bond donors (Lipinski definition) is 0. The molecule has 1 rings (SSSR count). The van der Waals surface area contributed by atoms with Crippen molar-refractivity contribution in [3.8, 4) is 0 Å². The second-order valence-electron chi connectivity index (χ2n) is 3.82. The molecule has 0 aliphatic carbocycles. The van der Waals surface area contributed by atoms with Crippen molar-refractivity contribution in [3.63, 3.8) is 0 Å². The minimum absolute atomic E-state index is 0.0677. The molecule has 1 nitrogen and oxygen atoms in total. The third-order valence-electron chi connectivity index (χ3n) is 2.46. The Kier molecular flexibility index (Phi) is 5.19. The summed E-state index contributed by atoms with van der Waals surface area (Å²) in [6.07, 6.45) is 1.93. The Labute approximate surface area is 104 Å².